The summed E-state index contributed by atoms with van der Waals surface area (Å²) in [6, 6.07) is 3.87. The summed E-state index contributed by atoms with van der Waals surface area (Å²) in [6.07, 6.45) is -1.87. The van der Waals surface area contributed by atoms with Crippen molar-refractivity contribution >= 4 is 17.3 Å². The summed E-state index contributed by atoms with van der Waals surface area (Å²) in [7, 11) is 0. The Bertz CT molecular complexity index is 1050. The van der Waals surface area contributed by atoms with Crippen LogP contribution < -0.4 is 20.7 Å². The van der Waals surface area contributed by atoms with Crippen molar-refractivity contribution in [3.05, 3.63) is 35.7 Å². The Morgan fingerprint density at radius 2 is 1.92 bits per heavy atom. The van der Waals surface area contributed by atoms with Crippen molar-refractivity contribution < 1.29 is 31.5 Å². The van der Waals surface area contributed by atoms with E-state index in [1.807, 2.05) is 0 Å². The molecule has 1 saturated carbocycles. The summed E-state index contributed by atoms with van der Waals surface area (Å²) < 4.78 is 75.7. The molecule has 2 heterocycles. The predicted octanol–water partition coefficient (Wildman–Crippen LogP) is 4.92. The third-order valence-corrected chi connectivity index (χ3v) is 6.63. The molecule has 36 heavy (non-hydrogen) atoms. The van der Waals surface area contributed by atoms with Gasteiger partial charge in [-0.3, -0.25) is 9.48 Å². The molecule has 7 nitrogen and oxygen atoms in total. The Labute approximate surface area is 205 Å². The number of anilines is 2. The van der Waals surface area contributed by atoms with E-state index in [0.29, 0.717) is 38.9 Å². The molecular weight excluding hydrogens is 485 g/mol. The Balaban J connectivity index is 1.73. The first-order valence-electron chi connectivity index (χ1n) is 12.1. The van der Waals surface area contributed by atoms with Crippen LogP contribution in [0.4, 0.5) is 33.3 Å². The number of rotatable bonds is 8. The van der Waals surface area contributed by atoms with Crippen LogP contribution in [-0.2, 0) is 12.7 Å². The lowest BCUT2D eigenvalue weighted by Crippen LogP contribution is -2.40. The number of ether oxygens (including phenoxy) is 1. The number of halogens is 5. The van der Waals surface area contributed by atoms with Gasteiger partial charge in [0.25, 0.3) is 12.3 Å². The minimum Gasteiger partial charge on any atom is -0.490 e. The number of carbonyl (C=O) groups excluding carboxylic acids is 1. The second-order valence-electron chi connectivity index (χ2n) is 9.32. The van der Waals surface area contributed by atoms with Crippen LogP contribution in [0.1, 0.15) is 54.6 Å². The van der Waals surface area contributed by atoms with Crippen molar-refractivity contribution in [1.82, 2.24) is 9.78 Å². The molecule has 1 atom stereocenters. The normalized spacial score (nSPS) is 19.2. The molecule has 198 valence electrons. The summed E-state index contributed by atoms with van der Waals surface area (Å²) in [5.74, 6) is -1.06. The number of hydrogen-bond donors (Lipinski definition) is 2. The molecule has 0 bridgehead atoms. The maximum absolute atomic E-state index is 14.6. The molecule has 2 aromatic rings. The van der Waals surface area contributed by atoms with E-state index in [2.05, 4.69) is 10.4 Å². The van der Waals surface area contributed by atoms with Crippen molar-refractivity contribution in [1.29, 1.82) is 0 Å². The van der Waals surface area contributed by atoms with Crippen LogP contribution >= 0.6 is 0 Å². The predicted molar refractivity (Wildman–Crippen MR) is 125 cm³/mol. The maximum atomic E-state index is 14.6. The van der Waals surface area contributed by atoms with Crippen molar-refractivity contribution in [2.75, 3.05) is 29.9 Å². The van der Waals surface area contributed by atoms with E-state index in [0.717, 1.165) is 23.9 Å². The minimum atomic E-state index is -4.75. The van der Waals surface area contributed by atoms with E-state index in [-0.39, 0.29) is 34.8 Å². The maximum Gasteiger partial charge on any atom is 0.422 e. The second kappa shape index (κ2) is 11.0. The highest BCUT2D eigenvalue weighted by atomic mass is 19.4. The SMILES string of the molecule is NC[C@@H]1CCCN(c2c(NC(=O)c3ccn(CC(F)F)n3)ccc(OC3CCCC3)c2C(F)(F)F)C1. The highest BCUT2D eigenvalue weighted by Crippen LogP contribution is 2.48. The minimum absolute atomic E-state index is 0.00726. The standard InChI is InChI=1S/C24H30F5N5O2/c25-20(26)14-34-11-9-18(32-34)23(35)31-17-7-8-19(36-16-5-1-2-6-16)21(24(27,28)29)22(17)33-10-3-4-15(12-30)13-33/h7-9,11,15-16,20H,1-6,10,12-14,30H2,(H,31,35)/t15-/m0/s1. The summed E-state index contributed by atoms with van der Waals surface area (Å²) in [4.78, 5) is 14.5. The fraction of sp³-hybridized carbons (Fsp3) is 0.583. The van der Waals surface area contributed by atoms with Gasteiger partial charge in [-0.15, -0.1) is 0 Å². The number of benzene rings is 1. The van der Waals surface area contributed by atoms with Gasteiger partial charge in [0.1, 0.15) is 17.9 Å². The van der Waals surface area contributed by atoms with Gasteiger partial charge >= 0.3 is 6.18 Å². The zero-order valence-electron chi connectivity index (χ0n) is 19.7. The van der Waals surface area contributed by atoms with E-state index < -0.39 is 30.6 Å². The number of nitrogens with one attached hydrogen (secondary N) is 1. The summed E-state index contributed by atoms with van der Waals surface area (Å²) >= 11 is 0. The second-order valence-corrected chi connectivity index (χ2v) is 9.32. The Hall–Kier alpha value is -2.89. The van der Waals surface area contributed by atoms with Gasteiger partial charge in [0.15, 0.2) is 5.69 Å². The average molecular weight is 516 g/mol. The van der Waals surface area contributed by atoms with Crippen molar-refractivity contribution in [2.24, 2.45) is 11.7 Å². The van der Waals surface area contributed by atoms with E-state index in [4.69, 9.17) is 10.5 Å². The first-order valence-corrected chi connectivity index (χ1v) is 12.1. The third-order valence-electron chi connectivity index (χ3n) is 6.63. The van der Waals surface area contributed by atoms with Crippen molar-refractivity contribution in [2.45, 2.75) is 63.8 Å². The van der Waals surface area contributed by atoms with Gasteiger partial charge in [0.2, 0.25) is 0 Å². The fourth-order valence-electron chi connectivity index (χ4n) is 4.93. The van der Waals surface area contributed by atoms with Gasteiger partial charge in [-0.2, -0.15) is 18.3 Å². The quantitative estimate of drug-likeness (QED) is 0.488. The molecule has 1 aliphatic carbocycles. The zero-order chi connectivity index (χ0) is 25.9. The molecule has 4 rings (SSSR count). The number of piperidine rings is 1. The molecule has 1 aromatic heterocycles. The lowest BCUT2D eigenvalue weighted by Gasteiger charge is -2.37. The molecule has 1 aromatic carbocycles. The number of aromatic nitrogens is 2. The Morgan fingerprint density at radius 1 is 1.17 bits per heavy atom. The van der Waals surface area contributed by atoms with Crippen LogP contribution in [-0.4, -0.2) is 47.9 Å². The van der Waals surface area contributed by atoms with Crippen LogP contribution in [0.15, 0.2) is 24.4 Å². The summed E-state index contributed by atoms with van der Waals surface area (Å²) in [5, 5.41) is 6.35. The van der Waals surface area contributed by atoms with E-state index in [1.165, 1.54) is 24.4 Å². The highest BCUT2D eigenvalue weighted by Gasteiger charge is 2.42. The molecule has 12 heteroatoms. The average Bonchev–Trinajstić information content (AvgIpc) is 3.51. The topological polar surface area (TPSA) is 85.4 Å². The monoisotopic (exact) mass is 515 g/mol. The molecule has 1 saturated heterocycles. The summed E-state index contributed by atoms with van der Waals surface area (Å²) in [6.45, 7) is 0.300. The Kier molecular flexibility index (Phi) is 8.01. The number of nitrogens with zero attached hydrogens (tertiary/aromatic N) is 3. The number of alkyl halides is 5. The zero-order valence-corrected chi connectivity index (χ0v) is 19.7. The van der Waals surface area contributed by atoms with Gasteiger partial charge in [0, 0.05) is 19.3 Å². The van der Waals surface area contributed by atoms with Gasteiger partial charge in [0.05, 0.1) is 17.5 Å². The highest BCUT2D eigenvalue weighted by molar-refractivity contribution is 6.05. The van der Waals surface area contributed by atoms with Gasteiger partial charge in [-0.25, -0.2) is 8.78 Å². The van der Waals surface area contributed by atoms with E-state index >= 15 is 0 Å². The third kappa shape index (κ3) is 6.08. The lowest BCUT2D eigenvalue weighted by atomic mass is 9.96. The number of hydrogen-bond acceptors (Lipinski definition) is 5. The summed E-state index contributed by atoms with van der Waals surface area (Å²) in [5.41, 5.74) is 4.49. The molecule has 0 unspecified atom stereocenters. The van der Waals surface area contributed by atoms with Crippen LogP contribution in [0, 0.1) is 5.92 Å². The first-order chi connectivity index (χ1) is 17.2. The number of carbonyl (C=O) groups is 1. The van der Waals surface area contributed by atoms with Crippen LogP contribution in [0.5, 0.6) is 5.75 Å². The van der Waals surface area contributed by atoms with Gasteiger partial charge in [-0.05, 0) is 69.2 Å². The lowest BCUT2D eigenvalue weighted by molar-refractivity contribution is -0.138. The Morgan fingerprint density at radius 3 is 2.58 bits per heavy atom. The molecule has 2 fully saturated rings. The molecule has 2 aliphatic rings. The largest absolute Gasteiger partial charge is 0.490 e. The van der Waals surface area contributed by atoms with Crippen LogP contribution in [0.2, 0.25) is 0 Å². The molecule has 0 radical (unpaired) electrons. The number of nitrogens with two attached hydrogens (primary N) is 1. The van der Waals surface area contributed by atoms with Gasteiger partial charge in [-0.1, -0.05) is 0 Å². The van der Waals surface area contributed by atoms with Crippen LogP contribution in [0.25, 0.3) is 0 Å². The smallest absolute Gasteiger partial charge is 0.422 e. The molecule has 1 aliphatic heterocycles. The van der Waals surface area contributed by atoms with E-state index in [9.17, 15) is 26.7 Å². The van der Waals surface area contributed by atoms with Crippen molar-refractivity contribution in [3.63, 3.8) is 0 Å². The molecular formula is C24H30F5N5O2. The van der Waals surface area contributed by atoms with Crippen LogP contribution in [0.3, 0.4) is 0 Å². The molecule has 3 N–H and O–H groups in total. The first kappa shape index (κ1) is 26.2. The molecule has 0 spiro atoms. The number of amides is 1. The van der Waals surface area contributed by atoms with Gasteiger partial charge < -0.3 is 20.7 Å². The fourth-order valence-corrected chi connectivity index (χ4v) is 4.93. The van der Waals surface area contributed by atoms with E-state index in [1.54, 1.807) is 4.90 Å². The molecule has 1 amide bonds. The van der Waals surface area contributed by atoms with Crippen molar-refractivity contribution in [3.8, 4) is 5.75 Å².